The minimum absolute atomic E-state index is 0.161. The molecule has 23 heavy (non-hydrogen) atoms. The highest BCUT2D eigenvalue weighted by Crippen LogP contribution is 2.36. The fourth-order valence-corrected chi connectivity index (χ4v) is 2.01. The number of benzene rings is 1. The monoisotopic (exact) mass is 343 g/mol. The minimum Gasteiger partial charge on any atom is -0.376 e. The largest absolute Gasteiger partial charge is 0.417 e. The highest BCUT2D eigenvalue weighted by molar-refractivity contribution is 6.31. The van der Waals surface area contributed by atoms with E-state index in [1.165, 1.54) is 6.07 Å². The number of amides is 1. The molecule has 2 rings (SSSR count). The Balaban J connectivity index is 1.89. The van der Waals surface area contributed by atoms with E-state index in [-0.39, 0.29) is 29.7 Å². The summed E-state index contributed by atoms with van der Waals surface area (Å²) in [5.74, 6) is -0.362. The predicted octanol–water partition coefficient (Wildman–Crippen LogP) is 3.48. The predicted molar refractivity (Wildman–Crippen MR) is 81.0 cm³/mol. The van der Waals surface area contributed by atoms with E-state index in [4.69, 9.17) is 11.6 Å². The van der Waals surface area contributed by atoms with Gasteiger partial charge in [-0.3, -0.25) is 9.78 Å². The van der Waals surface area contributed by atoms with Crippen LogP contribution in [0.3, 0.4) is 0 Å². The van der Waals surface area contributed by atoms with Crippen molar-refractivity contribution in [2.45, 2.75) is 12.7 Å². The first-order valence-electron chi connectivity index (χ1n) is 6.63. The van der Waals surface area contributed by atoms with Crippen molar-refractivity contribution in [1.82, 2.24) is 10.3 Å². The van der Waals surface area contributed by atoms with E-state index < -0.39 is 11.7 Å². The molecule has 0 aliphatic rings. The van der Waals surface area contributed by atoms with Crippen molar-refractivity contribution in [1.29, 1.82) is 0 Å². The number of hydrogen-bond donors (Lipinski definition) is 2. The number of anilines is 1. The molecule has 0 unspecified atom stereocenters. The molecule has 0 radical (unpaired) electrons. The molecule has 4 nitrogen and oxygen atoms in total. The van der Waals surface area contributed by atoms with Crippen LogP contribution in [0.5, 0.6) is 0 Å². The zero-order valence-corrected chi connectivity index (χ0v) is 12.6. The Kier molecular flexibility index (Phi) is 5.44. The van der Waals surface area contributed by atoms with Gasteiger partial charge < -0.3 is 10.6 Å². The second-order valence-corrected chi connectivity index (χ2v) is 5.05. The highest BCUT2D eigenvalue weighted by Gasteiger charge is 2.33. The van der Waals surface area contributed by atoms with E-state index in [9.17, 15) is 18.0 Å². The molecule has 0 aliphatic heterocycles. The third-order valence-electron chi connectivity index (χ3n) is 2.92. The normalized spacial score (nSPS) is 11.1. The number of carbonyl (C=O) groups excluding carboxylic acids is 1. The molecule has 8 heteroatoms. The number of nitrogens with zero attached hydrogens (tertiary/aromatic N) is 1. The number of halogens is 4. The second kappa shape index (κ2) is 7.32. The van der Waals surface area contributed by atoms with E-state index in [2.05, 4.69) is 15.6 Å². The van der Waals surface area contributed by atoms with Crippen LogP contribution < -0.4 is 10.6 Å². The molecule has 0 saturated heterocycles. The lowest BCUT2D eigenvalue weighted by Gasteiger charge is -2.12. The standard InChI is InChI=1S/C15H13ClF3N3O/c16-13-5-4-10(7-12(13)15(17,18)19)21-9-14(23)22-8-11-3-1-2-6-20-11/h1-7,21H,8-9H2,(H,22,23). The molecular weight excluding hydrogens is 331 g/mol. The molecule has 0 spiro atoms. The molecule has 0 bridgehead atoms. The van der Waals surface area contributed by atoms with E-state index in [1.54, 1.807) is 24.4 Å². The summed E-state index contributed by atoms with van der Waals surface area (Å²) in [6, 6.07) is 8.68. The van der Waals surface area contributed by atoms with Crippen LogP contribution in [0.4, 0.5) is 18.9 Å². The van der Waals surface area contributed by atoms with Crippen LogP contribution >= 0.6 is 11.6 Å². The number of nitrogens with one attached hydrogen (secondary N) is 2. The molecule has 1 aromatic heterocycles. The van der Waals surface area contributed by atoms with Gasteiger partial charge in [-0.25, -0.2) is 0 Å². The summed E-state index contributed by atoms with van der Waals surface area (Å²) in [5, 5.41) is 4.86. The van der Waals surface area contributed by atoms with E-state index in [0.717, 1.165) is 12.1 Å². The van der Waals surface area contributed by atoms with Crippen LogP contribution in [0.25, 0.3) is 0 Å². The van der Waals surface area contributed by atoms with E-state index >= 15 is 0 Å². The molecule has 1 aromatic carbocycles. The molecule has 0 saturated carbocycles. The van der Waals surface area contributed by atoms with Crippen LogP contribution in [-0.4, -0.2) is 17.4 Å². The summed E-state index contributed by atoms with van der Waals surface area (Å²) in [4.78, 5) is 15.7. The zero-order valence-electron chi connectivity index (χ0n) is 11.8. The minimum atomic E-state index is -4.55. The smallest absolute Gasteiger partial charge is 0.376 e. The van der Waals surface area contributed by atoms with Crippen LogP contribution in [0, 0.1) is 0 Å². The van der Waals surface area contributed by atoms with Gasteiger partial charge in [-0.2, -0.15) is 13.2 Å². The van der Waals surface area contributed by atoms with Crippen molar-refractivity contribution in [3.05, 3.63) is 58.9 Å². The number of carbonyl (C=O) groups is 1. The van der Waals surface area contributed by atoms with Crippen molar-refractivity contribution in [3.8, 4) is 0 Å². The van der Waals surface area contributed by atoms with Crippen LogP contribution in [0.15, 0.2) is 42.6 Å². The first-order chi connectivity index (χ1) is 10.9. The Labute approximate surface area is 135 Å². The van der Waals surface area contributed by atoms with E-state index in [1.807, 2.05) is 0 Å². The molecule has 0 aliphatic carbocycles. The van der Waals surface area contributed by atoms with Crippen LogP contribution in [-0.2, 0) is 17.5 Å². The summed E-state index contributed by atoms with van der Waals surface area (Å²) in [6.07, 6.45) is -2.94. The summed E-state index contributed by atoms with van der Waals surface area (Å²) >= 11 is 5.53. The molecule has 2 aromatic rings. The van der Waals surface area contributed by atoms with Gasteiger partial charge in [0.15, 0.2) is 0 Å². The molecule has 2 N–H and O–H groups in total. The SMILES string of the molecule is O=C(CNc1ccc(Cl)c(C(F)(F)F)c1)NCc1ccccn1. The Morgan fingerprint density at radius 2 is 2.00 bits per heavy atom. The number of aromatic nitrogens is 1. The topological polar surface area (TPSA) is 54.0 Å². The zero-order chi connectivity index (χ0) is 16.9. The number of pyridine rings is 1. The summed E-state index contributed by atoms with van der Waals surface area (Å²) < 4.78 is 38.2. The second-order valence-electron chi connectivity index (χ2n) is 4.64. The van der Waals surface area contributed by atoms with Gasteiger partial charge in [-0.1, -0.05) is 17.7 Å². The van der Waals surface area contributed by atoms with E-state index in [0.29, 0.717) is 5.69 Å². The van der Waals surface area contributed by atoms with Crippen molar-refractivity contribution in [2.24, 2.45) is 0 Å². The van der Waals surface area contributed by atoms with Gasteiger partial charge in [0.25, 0.3) is 0 Å². The van der Waals surface area contributed by atoms with Gasteiger partial charge in [-0.15, -0.1) is 0 Å². The van der Waals surface area contributed by atoms with Crippen LogP contribution in [0.2, 0.25) is 5.02 Å². The van der Waals surface area contributed by atoms with Crippen molar-refractivity contribution >= 4 is 23.2 Å². The summed E-state index contributed by atoms with van der Waals surface area (Å²) in [5.41, 5.74) is -0.0977. The fraction of sp³-hybridized carbons (Fsp3) is 0.200. The molecule has 0 fully saturated rings. The first-order valence-corrected chi connectivity index (χ1v) is 7.01. The number of alkyl halides is 3. The first kappa shape index (κ1) is 17.1. The lowest BCUT2D eigenvalue weighted by atomic mass is 10.2. The fourth-order valence-electron chi connectivity index (χ4n) is 1.79. The average molecular weight is 344 g/mol. The van der Waals surface area contributed by atoms with Gasteiger partial charge in [0.05, 0.1) is 29.4 Å². The maximum Gasteiger partial charge on any atom is 0.417 e. The van der Waals surface area contributed by atoms with Gasteiger partial charge >= 0.3 is 6.18 Å². The van der Waals surface area contributed by atoms with Crippen molar-refractivity contribution in [3.63, 3.8) is 0 Å². The van der Waals surface area contributed by atoms with Crippen molar-refractivity contribution < 1.29 is 18.0 Å². The quantitative estimate of drug-likeness (QED) is 0.874. The van der Waals surface area contributed by atoms with Crippen LogP contribution in [0.1, 0.15) is 11.3 Å². The maximum absolute atomic E-state index is 12.7. The molecule has 0 atom stereocenters. The summed E-state index contributed by atoms with van der Waals surface area (Å²) in [7, 11) is 0. The van der Waals surface area contributed by atoms with Gasteiger partial charge in [-0.05, 0) is 30.3 Å². The molecular formula is C15H13ClF3N3O. The lowest BCUT2D eigenvalue weighted by Crippen LogP contribution is -2.29. The lowest BCUT2D eigenvalue weighted by molar-refractivity contribution is -0.137. The number of rotatable bonds is 5. The molecule has 122 valence electrons. The molecule has 1 amide bonds. The summed E-state index contributed by atoms with van der Waals surface area (Å²) in [6.45, 7) is 0.0849. The third kappa shape index (κ3) is 5.14. The van der Waals surface area contributed by atoms with Gasteiger partial charge in [0, 0.05) is 11.9 Å². The Morgan fingerprint density at radius 3 is 2.65 bits per heavy atom. The maximum atomic E-state index is 12.7. The highest BCUT2D eigenvalue weighted by atomic mass is 35.5. The van der Waals surface area contributed by atoms with Gasteiger partial charge in [0.2, 0.25) is 5.91 Å². The Hall–Kier alpha value is -2.28. The van der Waals surface area contributed by atoms with Gasteiger partial charge in [0.1, 0.15) is 0 Å². The van der Waals surface area contributed by atoms with Crippen molar-refractivity contribution in [2.75, 3.05) is 11.9 Å². The third-order valence-corrected chi connectivity index (χ3v) is 3.25. The Morgan fingerprint density at radius 1 is 1.22 bits per heavy atom. The molecule has 1 heterocycles. The Bertz CT molecular complexity index is 677. The number of hydrogen-bond acceptors (Lipinski definition) is 3. The average Bonchev–Trinajstić information content (AvgIpc) is 2.52.